The van der Waals surface area contributed by atoms with Gasteiger partial charge in [-0.05, 0) is 109 Å². The van der Waals surface area contributed by atoms with Crippen molar-refractivity contribution in [2.75, 3.05) is 0 Å². The van der Waals surface area contributed by atoms with Gasteiger partial charge in [-0.1, -0.05) is 109 Å². The molecule has 0 amide bonds. The van der Waals surface area contributed by atoms with Crippen LogP contribution in [0, 0.1) is 0 Å². The molecule has 4 aliphatic heterocycles. The third kappa shape index (κ3) is 8.30. The molecule has 6 bridgehead atoms. The highest BCUT2D eigenvalue weighted by Gasteiger charge is 2.34. The topological polar surface area (TPSA) is 130 Å². The number of para-hydroxylation sites is 6. The SMILES string of the molecule is c1ccc(Oc2cc3c(cc2Oc2ccccc2)C2=NC4=NC(=NC5=NC(=NC3=N2)c2cc(Oc3ccccc3)c(Oc3ccccc3)cc25)c2cc(Oc3ccccc3)c(Oc3ccccc3)cc24)cc1. The molecule has 13 rings (SSSR count). The van der Waals surface area contributed by atoms with Crippen LogP contribution in [0.5, 0.6) is 69.0 Å². The normalized spacial score (nSPS) is 13.5. The van der Waals surface area contributed by atoms with E-state index in [0.717, 1.165) is 0 Å². The Bertz CT molecular complexity index is 3360. The van der Waals surface area contributed by atoms with Crippen LogP contribution in [0.1, 0.15) is 33.4 Å². The predicted octanol–water partition coefficient (Wildman–Crippen LogP) is 14.4. The van der Waals surface area contributed by atoms with Gasteiger partial charge in [0.05, 0.1) is 0 Å². The van der Waals surface area contributed by atoms with Gasteiger partial charge in [-0.25, -0.2) is 30.0 Å². The molecule has 0 aliphatic carbocycles. The molecule has 12 nitrogen and oxygen atoms in total. The van der Waals surface area contributed by atoms with Gasteiger partial charge >= 0.3 is 0 Å². The second-order valence-electron chi connectivity index (χ2n) is 16.6. The summed E-state index contributed by atoms with van der Waals surface area (Å²) in [5.41, 5.74) is 3.76. The van der Waals surface area contributed by atoms with Gasteiger partial charge in [0.15, 0.2) is 69.5 Å². The smallest absolute Gasteiger partial charge is 0.170 e. The molecule has 0 unspecified atom stereocenters. The number of rotatable bonds is 12. The highest BCUT2D eigenvalue weighted by atomic mass is 16.5. The second kappa shape index (κ2) is 18.0. The first kappa shape index (κ1) is 41.9. The van der Waals surface area contributed by atoms with Crippen molar-refractivity contribution in [3.05, 3.63) is 252 Å². The Balaban J connectivity index is 1.03. The minimum absolute atomic E-state index is 0.331. The molecule has 0 saturated heterocycles. The maximum atomic E-state index is 6.58. The fourth-order valence-electron chi connectivity index (χ4n) is 8.44. The summed E-state index contributed by atoms with van der Waals surface area (Å²) in [5, 5.41) is 0. The van der Waals surface area contributed by atoms with Gasteiger partial charge in [0, 0.05) is 33.4 Å². The lowest BCUT2D eigenvalue weighted by Gasteiger charge is -2.15. The van der Waals surface area contributed by atoms with E-state index in [1.54, 1.807) is 0 Å². The number of nitrogens with zero attached hydrogens (tertiary/aromatic N) is 6. The van der Waals surface area contributed by atoms with Crippen LogP contribution in [0.3, 0.4) is 0 Å². The zero-order valence-corrected chi connectivity index (χ0v) is 37.9. The second-order valence-corrected chi connectivity index (χ2v) is 16.6. The van der Waals surface area contributed by atoms with E-state index in [1.165, 1.54) is 0 Å². The number of hydrogen-bond donors (Lipinski definition) is 0. The zero-order valence-electron chi connectivity index (χ0n) is 37.9. The summed E-state index contributed by atoms with van der Waals surface area (Å²) in [6.07, 6.45) is 0. The average Bonchev–Trinajstić information content (AvgIpc) is 4.04. The molecule has 0 fully saturated rings. The average molecular weight is 937 g/mol. The van der Waals surface area contributed by atoms with E-state index in [9.17, 15) is 0 Å². The largest absolute Gasteiger partial charge is 0.453 e. The Morgan fingerprint density at radius 1 is 0.181 bits per heavy atom. The van der Waals surface area contributed by atoms with Gasteiger partial charge in [0.2, 0.25) is 0 Å². The first-order valence-corrected chi connectivity index (χ1v) is 23.1. The Morgan fingerprint density at radius 2 is 0.319 bits per heavy atom. The van der Waals surface area contributed by atoms with E-state index in [4.69, 9.17) is 58.4 Å². The van der Waals surface area contributed by atoms with Gasteiger partial charge < -0.3 is 28.4 Å². The van der Waals surface area contributed by atoms with Crippen LogP contribution in [0.15, 0.2) is 248 Å². The van der Waals surface area contributed by atoms with Crippen molar-refractivity contribution >= 4 is 35.0 Å². The maximum Gasteiger partial charge on any atom is 0.170 e. The molecule has 72 heavy (non-hydrogen) atoms. The standard InChI is InChI=1S/C60H36N6O6/c1-7-19-37(20-8-1)67-49-31-43-44(32-50(49)68-38-21-9-2-10-22-38)56-61-55(43)64-57-45-33-51(69-39-23-11-3-12-24-39)52(70-40-25-13-4-14-26-40)34-46(45)59(62-57)66-60-48-36-54(72-42-29-17-6-18-30-42)53(35-47(48)58(63-60)65-56)71-41-27-15-5-16-28-41/h1-36H. The number of amidine groups is 6. The number of aliphatic imine (C=N–C) groups is 6. The molecule has 0 radical (unpaired) electrons. The Hall–Kier alpha value is -10.2. The summed E-state index contributed by atoms with van der Waals surface area (Å²) in [7, 11) is 0. The molecule has 4 heterocycles. The molecule has 4 aliphatic rings. The number of fused-ring (bicyclic) bond motifs is 12. The first-order chi connectivity index (χ1) is 35.6. The lowest BCUT2D eigenvalue weighted by molar-refractivity contribution is 0.418. The van der Waals surface area contributed by atoms with Gasteiger partial charge in [-0.3, -0.25) is 0 Å². The lowest BCUT2D eigenvalue weighted by atomic mass is 10.1. The van der Waals surface area contributed by atoms with Crippen LogP contribution in [0.4, 0.5) is 0 Å². The maximum absolute atomic E-state index is 6.58. The van der Waals surface area contributed by atoms with Gasteiger partial charge in [0.25, 0.3) is 0 Å². The lowest BCUT2D eigenvalue weighted by Crippen LogP contribution is -2.04. The van der Waals surface area contributed by atoms with Crippen molar-refractivity contribution in [1.82, 2.24) is 0 Å². The van der Waals surface area contributed by atoms with Crippen LogP contribution in [-0.4, -0.2) is 35.0 Å². The molecule has 0 N–H and O–H groups in total. The molecule has 0 aromatic heterocycles. The summed E-state index contributed by atoms with van der Waals surface area (Å²) in [5.74, 6) is 8.26. The highest BCUT2D eigenvalue weighted by molar-refractivity contribution is 6.35. The van der Waals surface area contributed by atoms with E-state index in [1.807, 2.05) is 218 Å². The number of benzene rings is 9. The van der Waals surface area contributed by atoms with Crippen molar-refractivity contribution in [3.63, 3.8) is 0 Å². The Morgan fingerprint density at radius 3 is 0.458 bits per heavy atom. The van der Waals surface area contributed by atoms with Crippen LogP contribution < -0.4 is 28.4 Å². The van der Waals surface area contributed by atoms with Gasteiger partial charge in [0.1, 0.15) is 34.5 Å². The van der Waals surface area contributed by atoms with Crippen molar-refractivity contribution in [2.24, 2.45) is 30.0 Å². The Labute approximate surface area is 412 Å². The highest BCUT2D eigenvalue weighted by Crippen LogP contribution is 2.44. The Kier molecular flexibility index (Phi) is 10.5. The zero-order chi connectivity index (χ0) is 47.8. The molecule has 0 spiro atoms. The molecule has 9 aromatic carbocycles. The molecule has 0 atom stereocenters. The van der Waals surface area contributed by atoms with E-state index < -0.39 is 0 Å². The van der Waals surface area contributed by atoms with E-state index in [-0.39, 0.29) is 0 Å². The minimum Gasteiger partial charge on any atom is -0.453 e. The van der Waals surface area contributed by atoms with Crippen molar-refractivity contribution in [3.8, 4) is 69.0 Å². The molecule has 342 valence electrons. The van der Waals surface area contributed by atoms with Crippen molar-refractivity contribution < 1.29 is 28.4 Å². The fourth-order valence-corrected chi connectivity index (χ4v) is 8.44. The predicted molar refractivity (Wildman–Crippen MR) is 278 cm³/mol. The number of hydrogen-bond acceptors (Lipinski definition) is 12. The van der Waals surface area contributed by atoms with Crippen molar-refractivity contribution in [2.45, 2.75) is 0 Å². The van der Waals surface area contributed by atoms with E-state index >= 15 is 0 Å². The third-order valence-corrected chi connectivity index (χ3v) is 11.8. The third-order valence-electron chi connectivity index (χ3n) is 11.8. The van der Waals surface area contributed by atoms with Crippen LogP contribution in [0.25, 0.3) is 0 Å². The van der Waals surface area contributed by atoms with Crippen LogP contribution in [-0.2, 0) is 0 Å². The first-order valence-electron chi connectivity index (χ1n) is 23.1. The molecule has 0 saturated carbocycles. The summed E-state index contributed by atoms with van der Waals surface area (Å²) in [6.45, 7) is 0. The summed E-state index contributed by atoms with van der Waals surface area (Å²) >= 11 is 0. The van der Waals surface area contributed by atoms with Crippen LogP contribution >= 0.6 is 0 Å². The number of ether oxygens (including phenoxy) is 6. The monoisotopic (exact) mass is 936 g/mol. The van der Waals surface area contributed by atoms with Crippen LogP contribution in [0.2, 0.25) is 0 Å². The van der Waals surface area contributed by atoms with Gasteiger partial charge in [-0.15, -0.1) is 0 Å². The molecule has 12 heteroatoms. The molecule has 9 aromatic rings. The van der Waals surface area contributed by atoms with Crippen molar-refractivity contribution in [1.29, 1.82) is 0 Å². The summed E-state index contributed by atoms with van der Waals surface area (Å²) < 4.78 is 39.5. The summed E-state index contributed by atoms with van der Waals surface area (Å²) in [4.78, 5) is 31.2. The molecular weight excluding hydrogens is 901 g/mol. The fraction of sp³-hybridized carbons (Fsp3) is 0. The van der Waals surface area contributed by atoms with E-state index in [0.29, 0.717) is 137 Å². The quantitative estimate of drug-likeness (QED) is 0.120. The van der Waals surface area contributed by atoms with Gasteiger partial charge in [-0.2, -0.15) is 0 Å². The molecular formula is C60H36N6O6. The minimum atomic E-state index is 0.331. The van der Waals surface area contributed by atoms with E-state index in [2.05, 4.69) is 0 Å². The summed E-state index contributed by atoms with van der Waals surface area (Å²) in [6, 6.07) is 68.3.